The molecule has 1 aromatic rings. The van der Waals surface area contributed by atoms with Crippen LogP contribution in [0.1, 0.15) is 31.4 Å². The van der Waals surface area contributed by atoms with Crippen LogP contribution in [0.3, 0.4) is 0 Å². The molecule has 0 heterocycles. The summed E-state index contributed by atoms with van der Waals surface area (Å²) in [6.45, 7) is 5.38. The molecule has 0 radical (unpaired) electrons. The van der Waals surface area contributed by atoms with E-state index in [4.69, 9.17) is 5.11 Å². The van der Waals surface area contributed by atoms with Crippen LogP contribution in [0.5, 0.6) is 0 Å². The normalized spacial score (nSPS) is 11.1. The lowest BCUT2D eigenvalue weighted by molar-refractivity contribution is 0.305. The third-order valence-corrected chi connectivity index (χ3v) is 3.48. The van der Waals surface area contributed by atoms with E-state index in [2.05, 4.69) is 21.3 Å². The minimum Gasteiger partial charge on any atom is -0.395 e. The zero-order valence-corrected chi connectivity index (χ0v) is 12.7. The predicted octanol–water partition coefficient (Wildman–Crippen LogP) is 1.38. The van der Waals surface area contributed by atoms with E-state index in [1.54, 1.807) is 26.0 Å². The van der Waals surface area contributed by atoms with Gasteiger partial charge < -0.3 is 5.11 Å². The van der Waals surface area contributed by atoms with Gasteiger partial charge in [0.25, 0.3) is 10.2 Å². The molecule has 0 aliphatic heterocycles. The van der Waals surface area contributed by atoms with Gasteiger partial charge in [0.05, 0.1) is 12.3 Å². The number of nitrogens with one attached hydrogen (secondary N) is 2. The maximum absolute atomic E-state index is 11.8. The fourth-order valence-electron chi connectivity index (χ4n) is 1.63. The van der Waals surface area contributed by atoms with Gasteiger partial charge in [-0.05, 0) is 44.5 Å². The van der Waals surface area contributed by atoms with Crippen molar-refractivity contribution in [2.45, 2.75) is 33.2 Å². The second kappa shape index (κ2) is 7.29. The quantitative estimate of drug-likeness (QED) is 0.718. The monoisotopic (exact) mass is 296 g/mol. The highest BCUT2D eigenvalue weighted by molar-refractivity contribution is 7.90. The summed E-state index contributed by atoms with van der Waals surface area (Å²) in [5, 5.41) is 8.69. The van der Waals surface area contributed by atoms with Gasteiger partial charge in [0.1, 0.15) is 0 Å². The number of benzene rings is 1. The first-order valence-corrected chi connectivity index (χ1v) is 7.82. The largest absolute Gasteiger partial charge is 0.395 e. The van der Waals surface area contributed by atoms with Crippen molar-refractivity contribution < 1.29 is 13.5 Å². The second-order valence-electron chi connectivity index (χ2n) is 4.74. The molecule has 0 saturated heterocycles. The molecule has 0 fully saturated rings. The van der Waals surface area contributed by atoms with Crippen LogP contribution < -0.4 is 9.44 Å². The number of anilines is 1. The summed E-state index contributed by atoms with van der Waals surface area (Å²) in [4.78, 5) is 0. The summed E-state index contributed by atoms with van der Waals surface area (Å²) >= 11 is 0. The molecule has 3 N–H and O–H groups in total. The average molecular weight is 296 g/mol. The van der Waals surface area contributed by atoms with Gasteiger partial charge in [-0.2, -0.15) is 13.1 Å². The molecule has 20 heavy (non-hydrogen) atoms. The van der Waals surface area contributed by atoms with E-state index in [0.717, 1.165) is 5.56 Å². The van der Waals surface area contributed by atoms with Crippen molar-refractivity contribution in [1.29, 1.82) is 0 Å². The first-order valence-electron chi connectivity index (χ1n) is 6.34. The highest BCUT2D eigenvalue weighted by atomic mass is 32.2. The highest BCUT2D eigenvalue weighted by Gasteiger charge is 2.11. The lowest BCUT2D eigenvalue weighted by Crippen LogP contribution is -2.35. The predicted molar refractivity (Wildman–Crippen MR) is 80.6 cm³/mol. The number of aliphatic hydroxyl groups excluding tert-OH is 1. The molecule has 0 saturated carbocycles. The Morgan fingerprint density at radius 2 is 2.00 bits per heavy atom. The average Bonchev–Trinajstić information content (AvgIpc) is 2.25. The summed E-state index contributed by atoms with van der Waals surface area (Å²) in [5.74, 6) is 5.70. The fraction of sp³-hybridized carbons (Fsp3) is 0.429. The summed E-state index contributed by atoms with van der Waals surface area (Å²) in [5.41, 5.74) is 2.08. The number of rotatable bonds is 5. The van der Waals surface area contributed by atoms with Gasteiger partial charge in [-0.15, -0.1) is 0 Å². The molecule has 1 aromatic carbocycles. The molecular formula is C14H20N2O3S. The number of aryl methyl sites for hydroxylation is 1. The van der Waals surface area contributed by atoms with Crippen LogP contribution in [0.15, 0.2) is 18.2 Å². The van der Waals surface area contributed by atoms with Gasteiger partial charge in [-0.3, -0.25) is 4.72 Å². The lowest BCUT2D eigenvalue weighted by atomic mass is 10.1. The van der Waals surface area contributed by atoms with Gasteiger partial charge in [0, 0.05) is 18.0 Å². The Morgan fingerprint density at radius 3 is 2.60 bits per heavy atom. The Labute approximate surface area is 120 Å². The van der Waals surface area contributed by atoms with Crippen molar-refractivity contribution in [3.05, 3.63) is 29.3 Å². The lowest BCUT2D eigenvalue weighted by Gasteiger charge is -2.12. The first-order chi connectivity index (χ1) is 9.32. The highest BCUT2D eigenvalue weighted by Crippen LogP contribution is 2.15. The number of hydrogen-bond donors (Lipinski definition) is 3. The Balaban J connectivity index is 2.95. The van der Waals surface area contributed by atoms with Crippen molar-refractivity contribution >= 4 is 15.9 Å². The molecular weight excluding hydrogens is 276 g/mol. The fourth-order valence-corrected chi connectivity index (χ4v) is 2.74. The standard InChI is InChI=1S/C14H20N2O3S/c1-11(2)15-20(18,19)16-14-9-12(3)8-13(10-14)6-4-5-7-17/h8-11,15-17H,5,7H2,1-3H3. The molecule has 6 heteroatoms. The zero-order valence-electron chi connectivity index (χ0n) is 11.9. The third kappa shape index (κ3) is 6.06. The minimum absolute atomic E-state index is 0.0105. The molecule has 0 unspecified atom stereocenters. The Morgan fingerprint density at radius 1 is 1.30 bits per heavy atom. The zero-order chi connectivity index (χ0) is 15.2. The molecule has 110 valence electrons. The molecule has 0 atom stereocenters. The van der Waals surface area contributed by atoms with Crippen molar-refractivity contribution in [2.24, 2.45) is 0 Å². The molecule has 0 spiro atoms. The molecule has 5 nitrogen and oxygen atoms in total. The van der Waals surface area contributed by atoms with Gasteiger partial charge in [-0.25, -0.2) is 0 Å². The summed E-state index contributed by atoms with van der Waals surface area (Å²) in [7, 11) is -3.58. The van der Waals surface area contributed by atoms with E-state index in [1.807, 2.05) is 13.0 Å². The van der Waals surface area contributed by atoms with Crippen molar-refractivity contribution in [2.75, 3.05) is 11.3 Å². The van der Waals surface area contributed by atoms with E-state index in [-0.39, 0.29) is 12.6 Å². The second-order valence-corrected chi connectivity index (χ2v) is 6.19. The smallest absolute Gasteiger partial charge is 0.299 e. The van der Waals surface area contributed by atoms with E-state index >= 15 is 0 Å². The minimum atomic E-state index is -3.58. The van der Waals surface area contributed by atoms with Crippen molar-refractivity contribution in [3.63, 3.8) is 0 Å². The van der Waals surface area contributed by atoms with Crippen LogP contribution in [-0.4, -0.2) is 26.2 Å². The maximum Gasteiger partial charge on any atom is 0.299 e. The SMILES string of the molecule is Cc1cc(C#CCCO)cc(NS(=O)(=O)NC(C)C)c1. The van der Waals surface area contributed by atoms with Crippen LogP contribution in [0.2, 0.25) is 0 Å². The summed E-state index contributed by atoms with van der Waals surface area (Å²) in [6.07, 6.45) is 0.393. The van der Waals surface area contributed by atoms with Crippen LogP contribution >= 0.6 is 0 Å². The van der Waals surface area contributed by atoms with E-state index in [1.165, 1.54) is 0 Å². The molecule has 0 aliphatic rings. The molecule has 0 amide bonds. The Bertz CT molecular complexity index is 613. The Kier molecular flexibility index (Phi) is 6.02. The van der Waals surface area contributed by atoms with Gasteiger partial charge in [0.2, 0.25) is 0 Å². The topological polar surface area (TPSA) is 78.4 Å². The first kappa shape index (κ1) is 16.5. The van der Waals surface area contributed by atoms with Crippen LogP contribution in [0.25, 0.3) is 0 Å². The molecule has 0 bridgehead atoms. The maximum atomic E-state index is 11.8. The molecule has 0 aromatic heterocycles. The summed E-state index contributed by atoms with van der Waals surface area (Å²) < 4.78 is 28.5. The van der Waals surface area contributed by atoms with Gasteiger partial charge >= 0.3 is 0 Å². The van der Waals surface area contributed by atoms with Gasteiger partial charge in [0.15, 0.2) is 0 Å². The van der Waals surface area contributed by atoms with E-state index in [9.17, 15) is 8.42 Å². The molecule has 0 aliphatic carbocycles. The van der Waals surface area contributed by atoms with Crippen molar-refractivity contribution in [3.8, 4) is 11.8 Å². The van der Waals surface area contributed by atoms with Gasteiger partial charge in [-0.1, -0.05) is 11.8 Å². The third-order valence-electron chi connectivity index (χ3n) is 2.19. The van der Waals surface area contributed by atoms with Crippen LogP contribution in [0.4, 0.5) is 5.69 Å². The van der Waals surface area contributed by atoms with E-state index < -0.39 is 10.2 Å². The van der Waals surface area contributed by atoms with Crippen LogP contribution in [0, 0.1) is 18.8 Å². The molecule has 1 rings (SSSR count). The Hall–Kier alpha value is -1.55. The summed E-state index contributed by atoms with van der Waals surface area (Å²) in [6, 6.07) is 5.08. The number of aliphatic hydroxyl groups is 1. The van der Waals surface area contributed by atoms with Crippen LogP contribution in [-0.2, 0) is 10.2 Å². The van der Waals surface area contributed by atoms with Crippen molar-refractivity contribution in [1.82, 2.24) is 4.72 Å². The number of hydrogen-bond acceptors (Lipinski definition) is 3. The van der Waals surface area contributed by atoms with E-state index in [0.29, 0.717) is 17.7 Å².